The second-order valence-electron chi connectivity index (χ2n) is 5.97. The summed E-state index contributed by atoms with van der Waals surface area (Å²) in [6, 6.07) is 0. The van der Waals surface area contributed by atoms with Crippen LogP contribution in [-0.4, -0.2) is 48.8 Å². The molecule has 2 aliphatic rings. The minimum Gasteiger partial charge on any atom is -0.481 e. The van der Waals surface area contributed by atoms with Gasteiger partial charge in [-0.05, 0) is 18.8 Å². The molecule has 0 amide bonds. The van der Waals surface area contributed by atoms with E-state index in [1.54, 1.807) is 0 Å². The summed E-state index contributed by atoms with van der Waals surface area (Å²) in [5.41, 5.74) is 0.443. The predicted octanol–water partition coefficient (Wildman–Crippen LogP) is 1.46. The third-order valence-corrected chi connectivity index (χ3v) is 4.25. The molecule has 0 aromatic carbocycles. The molecule has 17 heavy (non-hydrogen) atoms. The Hall–Kier alpha value is -0.610. The Morgan fingerprint density at radius 1 is 1.35 bits per heavy atom. The van der Waals surface area contributed by atoms with Crippen molar-refractivity contribution >= 4 is 5.97 Å². The molecule has 98 valence electrons. The zero-order valence-corrected chi connectivity index (χ0v) is 10.8. The average Bonchev–Trinajstić information content (AvgIpc) is 2.23. The van der Waals surface area contributed by atoms with Crippen LogP contribution in [0.25, 0.3) is 0 Å². The third kappa shape index (κ3) is 2.80. The smallest absolute Gasteiger partial charge is 0.308 e. The number of hydrogen-bond acceptors (Lipinski definition) is 3. The normalized spacial score (nSPS) is 25.8. The standard InChI is InChI=1S/C13H23NO3/c1-10(2)11(12(15)16)7-14-8-13(9-14)3-5-17-6-4-13/h10-11H,3-9H2,1-2H3,(H,15,16). The van der Waals surface area contributed by atoms with Crippen molar-refractivity contribution in [3.05, 3.63) is 0 Å². The van der Waals surface area contributed by atoms with E-state index in [-0.39, 0.29) is 11.8 Å². The van der Waals surface area contributed by atoms with Gasteiger partial charge in [0.25, 0.3) is 0 Å². The number of ether oxygens (including phenoxy) is 1. The van der Waals surface area contributed by atoms with Gasteiger partial charge >= 0.3 is 5.97 Å². The first-order valence-corrected chi connectivity index (χ1v) is 6.55. The van der Waals surface area contributed by atoms with Crippen molar-refractivity contribution in [2.24, 2.45) is 17.3 Å². The van der Waals surface area contributed by atoms with E-state index in [9.17, 15) is 4.79 Å². The van der Waals surface area contributed by atoms with Crippen LogP contribution in [0.1, 0.15) is 26.7 Å². The van der Waals surface area contributed by atoms with E-state index < -0.39 is 5.97 Å². The number of nitrogens with zero attached hydrogens (tertiary/aromatic N) is 1. The Bertz CT molecular complexity index is 276. The van der Waals surface area contributed by atoms with E-state index >= 15 is 0 Å². The summed E-state index contributed by atoms with van der Waals surface area (Å²) >= 11 is 0. The highest BCUT2D eigenvalue weighted by Gasteiger charge is 2.44. The maximum absolute atomic E-state index is 11.1. The van der Waals surface area contributed by atoms with Crippen LogP contribution in [0, 0.1) is 17.3 Å². The predicted molar refractivity (Wildman–Crippen MR) is 64.9 cm³/mol. The van der Waals surface area contributed by atoms with Gasteiger partial charge in [0.15, 0.2) is 0 Å². The maximum atomic E-state index is 11.1. The molecule has 0 bridgehead atoms. The van der Waals surface area contributed by atoms with Gasteiger partial charge in [0.05, 0.1) is 5.92 Å². The lowest BCUT2D eigenvalue weighted by atomic mass is 9.73. The van der Waals surface area contributed by atoms with Crippen molar-refractivity contribution in [1.82, 2.24) is 4.90 Å². The van der Waals surface area contributed by atoms with E-state index in [2.05, 4.69) is 4.90 Å². The number of carboxylic acid groups (broad SMARTS) is 1. The van der Waals surface area contributed by atoms with E-state index in [0.717, 1.165) is 39.1 Å². The molecular formula is C13H23NO3. The van der Waals surface area contributed by atoms with Gasteiger partial charge in [-0.1, -0.05) is 13.8 Å². The van der Waals surface area contributed by atoms with Gasteiger partial charge < -0.3 is 14.7 Å². The fourth-order valence-electron chi connectivity index (χ4n) is 3.00. The van der Waals surface area contributed by atoms with Gasteiger partial charge in [-0.2, -0.15) is 0 Å². The fraction of sp³-hybridized carbons (Fsp3) is 0.923. The number of carboxylic acids is 1. The van der Waals surface area contributed by atoms with Crippen molar-refractivity contribution in [3.8, 4) is 0 Å². The second-order valence-corrected chi connectivity index (χ2v) is 5.97. The molecular weight excluding hydrogens is 218 g/mol. The summed E-state index contributed by atoms with van der Waals surface area (Å²) in [6.07, 6.45) is 2.28. The molecule has 4 nitrogen and oxygen atoms in total. The number of likely N-dealkylation sites (tertiary alicyclic amines) is 1. The van der Waals surface area contributed by atoms with Crippen LogP contribution >= 0.6 is 0 Å². The lowest BCUT2D eigenvalue weighted by Crippen LogP contribution is -2.59. The molecule has 0 aromatic heterocycles. The van der Waals surface area contributed by atoms with Crippen molar-refractivity contribution in [3.63, 3.8) is 0 Å². The molecule has 1 N–H and O–H groups in total. The monoisotopic (exact) mass is 241 g/mol. The zero-order chi connectivity index (χ0) is 12.5. The van der Waals surface area contributed by atoms with Crippen LogP contribution in [0.4, 0.5) is 0 Å². The van der Waals surface area contributed by atoms with Crippen LogP contribution in [0.2, 0.25) is 0 Å². The summed E-state index contributed by atoms with van der Waals surface area (Å²) in [4.78, 5) is 13.4. The zero-order valence-electron chi connectivity index (χ0n) is 10.8. The Labute approximate surface area is 103 Å². The van der Waals surface area contributed by atoms with Gasteiger partial charge in [0.2, 0.25) is 0 Å². The van der Waals surface area contributed by atoms with Crippen LogP contribution in [0.3, 0.4) is 0 Å². The highest BCUT2D eigenvalue weighted by molar-refractivity contribution is 5.70. The summed E-state index contributed by atoms with van der Waals surface area (Å²) in [6.45, 7) is 8.56. The summed E-state index contributed by atoms with van der Waals surface area (Å²) in [5, 5.41) is 9.17. The molecule has 2 saturated heterocycles. The fourth-order valence-corrected chi connectivity index (χ4v) is 3.00. The maximum Gasteiger partial charge on any atom is 0.308 e. The number of rotatable bonds is 4. The number of hydrogen-bond donors (Lipinski definition) is 1. The Balaban J connectivity index is 1.81. The first-order valence-electron chi connectivity index (χ1n) is 6.55. The van der Waals surface area contributed by atoms with Crippen LogP contribution in [0.15, 0.2) is 0 Å². The van der Waals surface area contributed by atoms with Crippen molar-refractivity contribution in [1.29, 1.82) is 0 Å². The van der Waals surface area contributed by atoms with Crippen molar-refractivity contribution in [2.75, 3.05) is 32.8 Å². The summed E-state index contributed by atoms with van der Waals surface area (Å²) in [5.74, 6) is -0.682. The first-order chi connectivity index (χ1) is 8.02. The Morgan fingerprint density at radius 3 is 2.41 bits per heavy atom. The molecule has 2 rings (SSSR count). The lowest BCUT2D eigenvalue weighted by Gasteiger charge is -2.53. The summed E-state index contributed by atoms with van der Waals surface area (Å²) < 4.78 is 5.38. The molecule has 1 spiro atoms. The van der Waals surface area contributed by atoms with E-state index in [1.165, 1.54) is 0 Å². The van der Waals surface area contributed by atoms with Gasteiger partial charge in [-0.15, -0.1) is 0 Å². The highest BCUT2D eigenvalue weighted by atomic mass is 16.5. The minimum atomic E-state index is -0.659. The molecule has 1 unspecified atom stereocenters. The van der Waals surface area contributed by atoms with E-state index in [1.807, 2.05) is 13.8 Å². The number of carbonyl (C=O) groups is 1. The molecule has 0 saturated carbocycles. The first kappa shape index (κ1) is 12.8. The quantitative estimate of drug-likeness (QED) is 0.809. The van der Waals surface area contributed by atoms with Gasteiger partial charge in [0.1, 0.15) is 0 Å². The SMILES string of the molecule is CC(C)C(CN1CC2(CCOCC2)C1)C(=O)O. The lowest BCUT2D eigenvalue weighted by molar-refractivity contribution is -0.147. The summed E-state index contributed by atoms with van der Waals surface area (Å²) in [7, 11) is 0. The molecule has 0 radical (unpaired) electrons. The van der Waals surface area contributed by atoms with Crippen LogP contribution in [-0.2, 0) is 9.53 Å². The van der Waals surface area contributed by atoms with Crippen LogP contribution in [0.5, 0.6) is 0 Å². The molecule has 1 atom stereocenters. The van der Waals surface area contributed by atoms with E-state index in [0.29, 0.717) is 12.0 Å². The molecule has 2 aliphatic heterocycles. The van der Waals surface area contributed by atoms with Crippen molar-refractivity contribution < 1.29 is 14.6 Å². The largest absolute Gasteiger partial charge is 0.481 e. The highest BCUT2D eigenvalue weighted by Crippen LogP contribution is 2.40. The van der Waals surface area contributed by atoms with Crippen LogP contribution < -0.4 is 0 Å². The third-order valence-electron chi connectivity index (χ3n) is 4.25. The van der Waals surface area contributed by atoms with E-state index in [4.69, 9.17) is 9.84 Å². The van der Waals surface area contributed by atoms with Gasteiger partial charge in [-0.25, -0.2) is 0 Å². The topological polar surface area (TPSA) is 49.8 Å². The second kappa shape index (κ2) is 4.94. The number of aliphatic carboxylic acids is 1. The van der Waals surface area contributed by atoms with Gasteiger partial charge in [-0.3, -0.25) is 4.79 Å². The molecule has 2 heterocycles. The molecule has 0 aliphatic carbocycles. The Kier molecular flexibility index (Phi) is 3.73. The molecule has 0 aromatic rings. The van der Waals surface area contributed by atoms with Crippen molar-refractivity contribution in [2.45, 2.75) is 26.7 Å². The molecule has 4 heteroatoms. The Morgan fingerprint density at radius 2 is 1.94 bits per heavy atom. The van der Waals surface area contributed by atoms with Gasteiger partial charge in [0, 0.05) is 38.3 Å². The average molecular weight is 241 g/mol. The minimum absolute atomic E-state index is 0.207. The molecule has 2 fully saturated rings.